The summed E-state index contributed by atoms with van der Waals surface area (Å²) in [6.07, 6.45) is 1.41. The van der Waals surface area contributed by atoms with Gasteiger partial charge in [0.2, 0.25) is 5.91 Å². The Kier molecular flexibility index (Phi) is 10.7. The molecule has 0 bridgehead atoms. The second-order valence-electron chi connectivity index (χ2n) is 8.34. The van der Waals surface area contributed by atoms with Crippen LogP contribution in [0.2, 0.25) is 0 Å². The molecule has 7 heteroatoms. The molecular weight excluding hydrogens is 484 g/mol. The lowest BCUT2D eigenvalue weighted by Crippen LogP contribution is -2.50. The van der Waals surface area contributed by atoms with Crippen molar-refractivity contribution >= 4 is 27.7 Å². The van der Waals surface area contributed by atoms with Crippen LogP contribution in [0.1, 0.15) is 45.2 Å². The average molecular weight is 519 g/mol. The molecule has 2 aromatic rings. The van der Waals surface area contributed by atoms with E-state index < -0.39 is 6.04 Å². The third kappa shape index (κ3) is 8.07. The Labute approximate surface area is 205 Å². The van der Waals surface area contributed by atoms with Crippen molar-refractivity contribution in [3.63, 3.8) is 0 Å². The molecule has 33 heavy (non-hydrogen) atoms. The number of aryl methyl sites for hydroxylation is 1. The van der Waals surface area contributed by atoms with Crippen LogP contribution in [0.25, 0.3) is 0 Å². The van der Waals surface area contributed by atoms with Gasteiger partial charge in [0.1, 0.15) is 17.5 Å². The zero-order valence-electron chi connectivity index (χ0n) is 20.2. The Morgan fingerprint density at radius 1 is 1.06 bits per heavy atom. The van der Waals surface area contributed by atoms with Crippen LogP contribution < -0.4 is 14.8 Å². The van der Waals surface area contributed by atoms with E-state index in [0.717, 1.165) is 22.2 Å². The van der Waals surface area contributed by atoms with Crippen molar-refractivity contribution in [3.8, 4) is 11.5 Å². The normalized spacial score (nSPS) is 11.7. The first-order chi connectivity index (χ1) is 15.8. The van der Waals surface area contributed by atoms with Crippen molar-refractivity contribution in [2.24, 2.45) is 5.92 Å². The van der Waals surface area contributed by atoms with Gasteiger partial charge in [0.25, 0.3) is 5.91 Å². The van der Waals surface area contributed by atoms with Gasteiger partial charge in [-0.1, -0.05) is 45.9 Å². The first-order valence-corrected chi connectivity index (χ1v) is 12.2. The predicted molar refractivity (Wildman–Crippen MR) is 134 cm³/mol. The number of methoxy groups -OCH3 is 1. The molecule has 2 rings (SSSR count). The third-order valence-electron chi connectivity index (χ3n) is 5.34. The van der Waals surface area contributed by atoms with Gasteiger partial charge < -0.3 is 19.7 Å². The third-order valence-corrected chi connectivity index (χ3v) is 5.96. The molecule has 0 saturated carbocycles. The highest BCUT2D eigenvalue weighted by Crippen LogP contribution is 2.26. The second kappa shape index (κ2) is 13.2. The van der Waals surface area contributed by atoms with Gasteiger partial charge in [0.15, 0.2) is 6.61 Å². The number of nitrogens with one attached hydrogen (secondary N) is 1. The van der Waals surface area contributed by atoms with Crippen LogP contribution >= 0.6 is 15.9 Å². The predicted octanol–water partition coefficient (Wildman–Crippen LogP) is 4.98. The number of ether oxygens (including phenoxy) is 2. The Hall–Kier alpha value is -2.54. The van der Waals surface area contributed by atoms with E-state index in [0.29, 0.717) is 31.2 Å². The molecule has 0 aliphatic heterocycles. The van der Waals surface area contributed by atoms with E-state index in [1.807, 2.05) is 63.2 Å². The summed E-state index contributed by atoms with van der Waals surface area (Å²) in [5, 5.41) is 2.97. The zero-order valence-corrected chi connectivity index (χ0v) is 21.8. The standard InChI is InChI=1S/C26H35BrN2O4/c1-6-19-10-13-24(22(27)14-19)33-17-25(30)29(16-20-8-11-21(32-5)12-9-20)23(7-2)26(31)28-15-18(3)4/h8-14,18,23H,6-7,15-17H2,1-5H3,(H,28,31)/t23-/m1/s1. The molecule has 0 radical (unpaired) electrons. The molecular formula is C26H35BrN2O4. The van der Waals surface area contributed by atoms with Crippen LogP contribution in [-0.4, -0.2) is 43.0 Å². The van der Waals surface area contributed by atoms with Gasteiger partial charge in [-0.2, -0.15) is 0 Å². The van der Waals surface area contributed by atoms with Crippen LogP contribution in [0.3, 0.4) is 0 Å². The minimum atomic E-state index is -0.590. The highest BCUT2D eigenvalue weighted by molar-refractivity contribution is 9.10. The van der Waals surface area contributed by atoms with Crippen LogP contribution in [0.15, 0.2) is 46.9 Å². The van der Waals surface area contributed by atoms with Gasteiger partial charge in [-0.05, 0) is 70.1 Å². The summed E-state index contributed by atoms with van der Waals surface area (Å²) < 4.78 is 11.9. The number of hydrogen-bond acceptors (Lipinski definition) is 4. The maximum atomic E-state index is 13.3. The van der Waals surface area contributed by atoms with Crippen molar-refractivity contribution in [1.29, 1.82) is 0 Å². The molecule has 180 valence electrons. The zero-order chi connectivity index (χ0) is 24.4. The molecule has 0 unspecified atom stereocenters. The van der Waals surface area contributed by atoms with Crippen molar-refractivity contribution in [1.82, 2.24) is 10.2 Å². The summed E-state index contributed by atoms with van der Waals surface area (Å²) in [4.78, 5) is 27.8. The molecule has 0 heterocycles. The summed E-state index contributed by atoms with van der Waals surface area (Å²) in [6.45, 7) is 8.78. The molecule has 0 aromatic heterocycles. The molecule has 2 amide bonds. The number of halogens is 1. The first kappa shape index (κ1) is 26.7. The molecule has 1 atom stereocenters. The molecule has 0 fully saturated rings. The maximum absolute atomic E-state index is 13.3. The quantitative estimate of drug-likeness (QED) is 0.430. The largest absolute Gasteiger partial charge is 0.497 e. The molecule has 0 aliphatic rings. The summed E-state index contributed by atoms with van der Waals surface area (Å²) >= 11 is 3.52. The van der Waals surface area contributed by atoms with Gasteiger partial charge in [0, 0.05) is 13.1 Å². The fraction of sp³-hybridized carbons (Fsp3) is 0.462. The number of amides is 2. The van der Waals surface area contributed by atoms with E-state index in [1.165, 1.54) is 5.56 Å². The van der Waals surface area contributed by atoms with E-state index in [4.69, 9.17) is 9.47 Å². The van der Waals surface area contributed by atoms with E-state index >= 15 is 0 Å². The van der Waals surface area contributed by atoms with Gasteiger partial charge in [-0.3, -0.25) is 9.59 Å². The lowest BCUT2D eigenvalue weighted by Gasteiger charge is -2.31. The Morgan fingerprint density at radius 2 is 1.73 bits per heavy atom. The average Bonchev–Trinajstić information content (AvgIpc) is 2.81. The van der Waals surface area contributed by atoms with E-state index in [1.54, 1.807) is 12.0 Å². The summed E-state index contributed by atoms with van der Waals surface area (Å²) in [5.41, 5.74) is 2.09. The fourth-order valence-electron chi connectivity index (χ4n) is 3.37. The van der Waals surface area contributed by atoms with Crippen LogP contribution in [0, 0.1) is 5.92 Å². The topological polar surface area (TPSA) is 67.9 Å². The lowest BCUT2D eigenvalue weighted by molar-refractivity contribution is -0.143. The van der Waals surface area contributed by atoms with Gasteiger partial charge in [-0.25, -0.2) is 0 Å². The molecule has 2 aromatic carbocycles. The number of benzene rings is 2. The molecule has 0 spiro atoms. The van der Waals surface area contributed by atoms with Gasteiger partial charge in [-0.15, -0.1) is 0 Å². The number of carbonyl (C=O) groups excluding carboxylic acids is 2. The second-order valence-corrected chi connectivity index (χ2v) is 9.19. The van der Waals surface area contributed by atoms with Crippen LogP contribution in [-0.2, 0) is 22.6 Å². The minimum absolute atomic E-state index is 0.151. The number of carbonyl (C=O) groups is 2. The Bertz CT molecular complexity index is 915. The Balaban J connectivity index is 2.21. The van der Waals surface area contributed by atoms with Crippen molar-refractivity contribution in [3.05, 3.63) is 58.1 Å². The summed E-state index contributed by atoms with van der Waals surface area (Å²) in [5.74, 6) is 1.26. The molecule has 0 aliphatic carbocycles. The molecule has 6 nitrogen and oxygen atoms in total. The van der Waals surface area contributed by atoms with Crippen LogP contribution in [0.5, 0.6) is 11.5 Å². The highest BCUT2D eigenvalue weighted by Gasteiger charge is 2.29. The summed E-state index contributed by atoms with van der Waals surface area (Å²) in [6, 6.07) is 12.7. The maximum Gasteiger partial charge on any atom is 0.261 e. The lowest BCUT2D eigenvalue weighted by atomic mass is 10.1. The first-order valence-electron chi connectivity index (χ1n) is 11.4. The summed E-state index contributed by atoms with van der Waals surface area (Å²) in [7, 11) is 1.61. The highest BCUT2D eigenvalue weighted by atomic mass is 79.9. The van der Waals surface area contributed by atoms with Gasteiger partial charge in [0.05, 0.1) is 11.6 Å². The van der Waals surface area contributed by atoms with Crippen molar-refractivity contribution < 1.29 is 19.1 Å². The number of nitrogens with zero attached hydrogens (tertiary/aromatic N) is 1. The van der Waals surface area contributed by atoms with E-state index in [-0.39, 0.29) is 18.4 Å². The van der Waals surface area contributed by atoms with E-state index in [9.17, 15) is 9.59 Å². The van der Waals surface area contributed by atoms with Gasteiger partial charge >= 0.3 is 0 Å². The van der Waals surface area contributed by atoms with Crippen molar-refractivity contribution in [2.45, 2.75) is 53.1 Å². The monoisotopic (exact) mass is 518 g/mol. The van der Waals surface area contributed by atoms with Crippen LogP contribution in [0.4, 0.5) is 0 Å². The number of hydrogen-bond donors (Lipinski definition) is 1. The molecule has 0 saturated heterocycles. The SMILES string of the molecule is CCc1ccc(OCC(=O)N(Cc2ccc(OC)cc2)[C@H](CC)C(=O)NCC(C)C)c(Br)c1. The smallest absolute Gasteiger partial charge is 0.261 e. The number of rotatable bonds is 12. The molecule has 1 N–H and O–H groups in total. The fourth-order valence-corrected chi connectivity index (χ4v) is 3.91. The van der Waals surface area contributed by atoms with E-state index in [2.05, 4.69) is 28.2 Å². The Morgan fingerprint density at radius 3 is 2.27 bits per heavy atom. The minimum Gasteiger partial charge on any atom is -0.497 e. The van der Waals surface area contributed by atoms with Crippen molar-refractivity contribution in [2.75, 3.05) is 20.3 Å².